The lowest BCUT2D eigenvalue weighted by molar-refractivity contribution is 0.630. The van der Waals surface area contributed by atoms with Crippen molar-refractivity contribution in [1.29, 1.82) is 0 Å². The largest absolute Gasteiger partial charge is 0.316 e. The second-order valence-electron chi connectivity index (χ2n) is 8.13. The SMILES string of the molecule is Cc1c(N=c2scc(-c3ccccc3Br)n2CCc2ccccn2)c(=O)n(-c2ccccc2)n1C. The van der Waals surface area contributed by atoms with Gasteiger partial charge in [0.2, 0.25) is 0 Å². The van der Waals surface area contributed by atoms with Crippen molar-refractivity contribution < 1.29 is 0 Å². The first-order valence-corrected chi connectivity index (χ1v) is 12.9. The molecule has 0 spiro atoms. The molecule has 0 aliphatic carbocycles. The summed E-state index contributed by atoms with van der Waals surface area (Å²) in [5, 5.41) is 2.10. The Morgan fingerprint density at radius 1 is 1.00 bits per heavy atom. The van der Waals surface area contributed by atoms with Crippen LogP contribution in [0.25, 0.3) is 16.9 Å². The van der Waals surface area contributed by atoms with Gasteiger partial charge in [0.05, 0.1) is 17.1 Å². The summed E-state index contributed by atoms with van der Waals surface area (Å²) in [6.45, 7) is 2.62. The maximum atomic E-state index is 13.5. The Labute approximate surface area is 215 Å². The number of halogens is 1. The smallest absolute Gasteiger partial charge is 0.297 e. The first kappa shape index (κ1) is 23.3. The standard InChI is InChI=1S/C27H24BrN5OS/c1-19-25(26(34)33(31(19)2)21-11-4-3-5-12-21)30-27-32(17-15-20-10-8-9-16-29-20)24(18-35-27)22-13-6-7-14-23(22)28/h3-14,16,18H,15,17H2,1-2H3. The van der Waals surface area contributed by atoms with Gasteiger partial charge in [-0.05, 0) is 37.3 Å². The van der Waals surface area contributed by atoms with E-state index >= 15 is 0 Å². The molecule has 0 saturated carbocycles. The van der Waals surface area contributed by atoms with Crippen molar-refractivity contribution in [2.45, 2.75) is 19.9 Å². The predicted octanol–water partition coefficient (Wildman–Crippen LogP) is 5.65. The van der Waals surface area contributed by atoms with Crippen LogP contribution in [0.2, 0.25) is 0 Å². The van der Waals surface area contributed by atoms with E-state index in [2.05, 4.69) is 36.9 Å². The zero-order chi connectivity index (χ0) is 24.4. The summed E-state index contributed by atoms with van der Waals surface area (Å²) in [7, 11) is 1.89. The summed E-state index contributed by atoms with van der Waals surface area (Å²) in [6.07, 6.45) is 2.57. The molecule has 0 fully saturated rings. The highest BCUT2D eigenvalue weighted by atomic mass is 79.9. The topological polar surface area (TPSA) is 57.1 Å². The number of pyridine rings is 1. The number of aryl methyl sites for hydroxylation is 1. The number of thiazole rings is 1. The molecule has 0 aliphatic heterocycles. The third-order valence-electron chi connectivity index (χ3n) is 6.00. The van der Waals surface area contributed by atoms with Gasteiger partial charge in [-0.3, -0.25) is 14.5 Å². The highest BCUT2D eigenvalue weighted by Gasteiger charge is 2.17. The van der Waals surface area contributed by atoms with E-state index in [4.69, 9.17) is 4.99 Å². The Hall–Kier alpha value is -3.49. The third-order valence-corrected chi connectivity index (χ3v) is 7.55. The maximum Gasteiger partial charge on any atom is 0.297 e. The molecule has 0 bridgehead atoms. The van der Waals surface area contributed by atoms with Crippen LogP contribution in [0, 0.1) is 6.92 Å². The molecule has 2 aromatic carbocycles. The quantitative estimate of drug-likeness (QED) is 0.277. The lowest BCUT2D eigenvalue weighted by Crippen LogP contribution is -2.20. The minimum Gasteiger partial charge on any atom is -0.316 e. The van der Waals surface area contributed by atoms with Gasteiger partial charge >= 0.3 is 0 Å². The summed E-state index contributed by atoms with van der Waals surface area (Å²) >= 11 is 5.23. The lowest BCUT2D eigenvalue weighted by Gasteiger charge is -2.10. The van der Waals surface area contributed by atoms with Crippen molar-refractivity contribution in [3.8, 4) is 16.9 Å². The summed E-state index contributed by atoms with van der Waals surface area (Å²) < 4.78 is 6.71. The Morgan fingerprint density at radius 3 is 2.49 bits per heavy atom. The zero-order valence-corrected chi connectivity index (χ0v) is 21.8. The van der Waals surface area contributed by atoms with Crippen LogP contribution in [0.15, 0.2) is 98.6 Å². The number of benzene rings is 2. The number of rotatable bonds is 6. The highest BCUT2D eigenvalue weighted by Crippen LogP contribution is 2.29. The van der Waals surface area contributed by atoms with Gasteiger partial charge in [-0.25, -0.2) is 9.67 Å². The minimum absolute atomic E-state index is 0.136. The molecule has 0 aliphatic rings. The fourth-order valence-corrected chi connectivity index (χ4v) is 5.49. The molecule has 0 amide bonds. The van der Waals surface area contributed by atoms with E-state index < -0.39 is 0 Å². The molecule has 0 unspecified atom stereocenters. The minimum atomic E-state index is -0.136. The molecule has 3 heterocycles. The van der Waals surface area contributed by atoms with Crippen LogP contribution in [0.4, 0.5) is 5.69 Å². The van der Waals surface area contributed by atoms with E-state index in [1.165, 1.54) is 11.3 Å². The van der Waals surface area contributed by atoms with E-state index in [0.717, 1.165) is 44.0 Å². The van der Waals surface area contributed by atoms with Gasteiger partial charge in [0.1, 0.15) is 0 Å². The number of nitrogens with zero attached hydrogens (tertiary/aromatic N) is 5. The molecular formula is C27H24BrN5OS. The first-order valence-electron chi connectivity index (χ1n) is 11.3. The number of hydrogen-bond acceptors (Lipinski definition) is 4. The monoisotopic (exact) mass is 545 g/mol. The Bertz CT molecular complexity index is 1600. The van der Waals surface area contributed by atoms with Crippen LogP contribution in [-0.2, 0) is 20.0 Å². The van der Waals surface area contributed by atoms with Crippen molar-refractivity contribution in [3.05, 3.63) is 115 Å². The Balaban J connectivity index is 1.66. The number of para-hydroxylation sites is 1. The fraction of sp³-hybridized carbons (Fsp3) is 0.148. The average Bonchev–Trinajstić information content (AvgIpc) is 3.37. The van der Waals surface area contributed by atoms with Crippen molar-refractivity contribution >= 4 is 33.0 Å². The van der Waals surface area contributed by atoms with Crippen LogP contribution in [0.5, 0.6) is 0 Å². The van der Waals surface area contributed by atoms with E-state index in [1.54, 1.807) is 4.68 Å². The van der Waals surface area contributed by atoms with Crippen LogP contribution >= 0.6 is 27.3 Å². The summed E-state index contributed by atoms with van der Waals surface area (Å²) in [6, 6.07) is 23.7. The summed E-state index contributed by atoms with van der Waals surface area (Å²) in [5.74, 6) is 0. The average molecular weight is 546 g/mol. The van der Waals surface area contributed by atoms with Crippen molar-refractivity contribution in [2.24, 2.45) is 12.0 Å². The Morgan fingerprint density at radius 2 is 1.74 bits per heavy atom. The molecule has 6 nitrogen and oxygen atoms in total. The first-order chi connectivity index (χ1) is 17.0. The van der Waals surface area contributed by atoms with Crippen LogP contribution < -0.4 is 10.4 Å². The van der Waals surface area contributed by atoms with E-state index in [-0.39, 0.29) is 5.56 Å². The molecule has 0 N–H and O–H groups in total. The van der Waals surface area contributed by atoms with Crippen molar-refractivity contribution in [2.75, 3.05) is 0 Å². The molecule has 0 radical (unpaired) electrons. The van der Waals surface area contributed by atoms with Crippen LogP contribution in [0.3, 0.4) is 0 Å². The van der Waals surface area contributed by atoms with Crippen molar-refractivity contribution in [1.82, 2.24) is 18.9 Å². The molecule has 176 valence electrons. The molecule has 3 aromatic heterocycles. The third kappa shape index (κ3) is 4.59. The molecule has 5 aromatic rings. The predicted molar refractivity (Wildman–Crippen MR) is 144 cm³/mol. The summed E-state index contributed by atoms with van der Waals surface area (Å²) in [5.41, 5.74) is 5.08. The molecule has 0 atom stereocenters. The van der Waals surface area contributed by atoms with Crippen LogP contribution in [-0.4, -0.2) is 18.9 Å². The number of hydrogen-bond donors (Lipinski definition) is 0. The summed E-state index contributed by atoms with van der Waals surface area (Å²) in [4.78, 5) is 23.6. The van der Waals surface area contributed by atoms with E-state index in [0.29, 0.717) is 12.2 Å². The van der Waals surface area contributed by atoms with Crippen LogP contribution in [0.1, 0.15) is 11.4 Å². The van der Waals surface area contributed by atoms with Gasteiger partial charge < -0.3 is 4.57 Å². The van der Waals surface area contributed by atoms with Gasteiger partial charge in [-0.15, -0.1) is 11.3 Å². The normalized spacial score (nSPS) is 11.8. The number of aromatic nitrogens is 4. The van der Waals surface area contributed by atoms with E-state index in [9.17, 15) is 4.79 Å². The second-order valence-corrected chi connectivity index (χ2v) is 9.82. The maximum absolute atomic E-state index is 13.5. The van der Waals surface area contributed by atoms with Gasteiger partial charge in [0.15, 0.2) is 10.5 Å². The molecule has 35 heavy (non-hydrogen) atoms. The second kappa shape index (κ2) is 10.0. The van der Waals surface area contributed by atoms with E-state index in [1.807, 2.05) is 91.6 Å². The van der Waals surface area contributed by atoms with Crippen molar-refractivity contribution in [3.63, 3.8) is 0 Å². The fourth-order valence-electron chi connectivity index (χ4n) is 4.07. The molecular weight excluding hydrogens is 522 g/mol. The van der Waals surface area contributed by atoms with Gasteiger partial charge in [-0.2, -0.15) is 0 Å². The van der Waals surface area contributed by atoms with Gasteiger partial charge in [0, 0.05) is 47.3 Å². The molecule has 0 saturated heterocycles. The van der Waals surface area contributed by atoms with Gasteiger partial charge in [-0.1, -0.05) is 58.4 Å². The van der Waals surface area contributed by atoms with Gasteiger partial charge in [0.25, 0.3) is 5.56 Å². The lowest BCUT2D eigenvalue weighted by atomic mass is 10.1. The Kier molecular flexibility index (Phi) is 6.66. The zero-order valence-electron chi connectivity index (χ0n) is 19.4. The molecule has 5 rings (SSSR count). The highest BCUT2D eigenvalue weighted by molar-refractivity contribution is 9.10. The molecule has 8 heteroatoms.